The predicted molar refractivity (Wildman–Crippen MR) is 69.6 cm³/mol. The Labute approximate surface area is 105 Å². The van der Waals surface area contributed by atoms with E-state index in [0.717, 1.165) is 11.4 Å². The van der Waals surface area contributed by atoms with Crippen LogP contribution >= 0.6 is 0 Å². The van der Waals surface area contributed by atoms with Crippen LogP contribution in [0.2, 0.25) is 0 Å². The molecule has 0 aromatic heterocycles. The normalized spacial score (nSPS) is 10.1. The fourth-order valence-electron chi connectivity index (χ4n) is 1.67. The van der Waals surface area contributed by atoms with Crippen LogP contribution in [0.1, 0.15) is 10.4 Å². The number of aromatic hydroxyl groups is 1. The van der Waals surface area contributed by atoms with Gasteiger partial charge in [-0.2, -0.15) is 0 Å². The highest BCUT2D eigenvalue weighted by Crippen LogP contribution is 2.25. The largest absolute Gasteiger partial charge is 0.508 e. The van der Waals surface area contributed by atoms with Gasteiger partial charge >= 0.3 is 5.97 Å². The van der Waals surface area contributed by atoms with E-state index in [1.165, 1.54) is 0 Å². The van der Waals surface area contributed by atoms with Crippen LogP contribution in [0.5, 0.6) is 5.75 Å². The van der Waals surface area contributed by atoms with Gasteiger partial charge in [-0.05, 0) is 42.5 Å². The molecule has 2 aromatic carbocycles. The van der Waals surface area contributed by atoms with E-state index in [9.17, 15) is 9.90 Å². The summed E-state index contributed by atoms with van der Waals surface area (Å²) in [4.78, 5) is 12.8. The van der Waals surface area contributed by atoms with Crippen LogP contribution in [-0.2, 0) is 0 Å². The lowest BCUT2D eigenvalue weighted by atomic mass is 10.2. The van der Waals surface area contributed by atoms with Crippen molar-refractivity contribution in [2.75, 3.05) is 11.9 Å². The number of phenolic OH excluding ortho intramolecular Hbond substituents is 1. The van der Waals surface area contributed by atoms with Crippen molar-refractivity contribution in [2.45, 2.75) is 0 Å². The van der Waals surface area contributed by atoms with E-state index in [1.54, 1.807) is 42.5 Å². The van der Waals surface area contributed by atoms with Gasteiger partial charge in [0.25, 0.3) is 0 Å². The standard InChI is InChI=1S/C14H13NO3/c1-15(11-5-7-13(16)8-6-11)12-4-2-3-10(9-12)14(17)18/h2-9,16H,1H3,(H,17,18). The van der Waals surface area contributed by atoms with Gasteiger partial charge < -0.3 is 15.1 Å². The number of carboxylic acids is 1. The van der Waals surface area contributed by atoms with E-state index in [0.29, 0.717) is 0 Å². The van der Waals surface area contributed by atoms with Gasteiger partial charge in [0.2, 0.25) is 0 Å². The highest BCUT2D eigenvalue weighted by molar-refractivity contribution is 5.89. The van der Waals surface area contributed by atoms with Gasteiger partial charge in [0.1, 0.15) is 5.75 Å². The zero-order chi connectivity index (χ0) is 13.1. The third-order valence-electron chi connectivity index (χ3n) is 2.72. The maximum absolute atomic E-state index is 10.9. The first-order valence-corrected chi connectivity index (χ1v) is 5.44. The Morgan fingerprint density at radius 2 is 1.72 bits per heavy atom. The van der Waals surface area contributed by atoms with Gasteiger partial charge in [-0.25, -0.2) is 4.79 Å². The molecule has 92 valence electrons. The third kappa shape index (κ3) is 2.43. The Hall–Kier alpha value is -2.49. The van der Waals surface area contributed by atoms with Crippen LogP contribution in [0.3, 0.4) is 0 Å². The average Bonchev–Trinajstić information content (AvgIpc) is 2.39. The Morgan fingerprint density at radius 3 is 2.33 bits per heavy atom. The van der Waals surface area contributed by atoms with Crippen molar-refractivity contribution >= 4 is 17.3 Å². The first kappa shape index (κ1) is 12.0. The molecule has 0 saturated heterocycles. The van der Waals surface area contributed by atoms with Crippen molar-refractivity contribution in [1.82, 2.24) is 0 Å². The molecule has 2 N–H and O–H groups in total. The third-order valence-corrected chi connectivity index (χ3v) is 2.72. The van der Waals surface area contributed by atoms with Crippen LogP contribution in [0.4, 0.5) is 11.4 Å². The first-order valence-electron chi connectivity index (χ1n) is 5.44. The van der Waals surface area contributed by atoms with Crippen LogP contribution in [0, 0.1) is 0 Å². The van der Waals surface area contributed by atoms with E-state index in [-0.39, 0.29) is 11.3 Å². The van der Waals surface area contributed by atoms with Crippen molar-refractivity contribution in [2.24, 2.45) is 0 Å². The van der Waals surface area contributed by atoms with Gasteiger partial charge in [-0.3, -0.25) is 0 Å². The topological polar surface area (TPSA) is 60.8 Å². The number of benzene rings is 2. The number of aromatic carboxylic acids is 1. The van der Waals surface area contributed by atoms with Crippen LogP contribution < -0.4 is 4.90 Å². The highest BCUT2D eigenvalue weighted by Gasteiger charge is 2.07. The number of hydrogen-bond donors (Lipinski definition) is 2. The summed E-state index contributed by atoms with van der Waals surface area (Å²) in [5, 5.41) is 18.2. The molecular formula is C14H13NO3. The molecule has 0 unspecified atom stereocenters. The molecule has 0 spiro atoms. The molecule has 18 heavy (non-hydrogen) atoms. The molecule has 0 amide bonds. The molecule has 4 nitrogen and oxygen atoms in total. The lowest BCUT2D eigenvalue weighted by Crippen LogP contribution is -2.10. The number of carboxylic acid groups (broad SMARTS) is 1. The Balaban J connectivity index is 2.33. The molecule has 0 aliphatic heterocycles. The maximum atomic E-state index is 10.9. The van der Waals surface area contributed by atoms with Crippen molar-refractivity contribution < 1.29 is 15.0 Å². The SMILES string of the molecule is CN(c1ccc(O)cc1)c1cccc(C(=O)O)c1. The summed E-state index contributed by atoms with van der Waals surface area (Å²) in [5.41, 5.74) is 1.90. The maximum Gasteiger partial charge on any atom is 0.335 e. The van der Waals surface area contributed by atoms with Crippen molar-refractivity contribution in [3.8, 4) is 5.75 Å². The van der Waals surface area contributed by atoms with E-state index in [1.807, 2.05) is 18.0 Å². The molecule has 0 saturated carbocycles. The predicted octanol–water partition coefficient (Wildman–Crippen LogP) is 2.86. The summed E-state index contributed by atoms with van der Waals surface area (Å²) < 4.78 is 0. The Bertz CT molecular complexity index is 564. The van der Waals surface area contributed by atoms with E-state index in [2.05, 4.69) is 0 Å². The summed E-state index contributed by atoms with van der Waals surface area (Å²) in [6.45, 7) is 0. The van der Waals surface area contributed by atoms with Gasteiger partial charge in [-0.1, -0.05) is 6.07 Å². The molecule has 2 rings (SSSR count). The molecule has 0 aliphatic carbocycles. The van der Waals surface area contributed by atoms with Crippen LogP contribution in [0.25, 0.3) is 0 Å². The molecule has 0 radical (unpaired) electrons. The molecular weight excluding hydrogens is 230 g/mol. The minimum Gasteiger partial charge on any atom is -0.508 e. The number of rotatable bonds is 3. The second kappa shape index (κ2) is 4.79. The van der Waals surface area contributed by atoms with Gasteiger partial charge in [0.15, 0.2) is 0 Å². The summed E-state index contributed by atoms with van der Waals surface area (Å²) in [6, 6.07) is 13.4. The van der Waals surface area contributed by atoms with Gasteiger partial charge in [0, 0.05) is 18.4 Å². The number of nitrogens with zero attached hydrogens (tertiary/aromatic N) is 1. The summed E-state index contributed by atoms with van der Waals surface area (Å²) >= 11 is 0. The van der Waals surface area contributed by atoms with E-state index >= 15 is 0 Å². The van der Waals surface area contributed by atoms with Gasteiger partial charge in [0.05, 0.1) is 5.56 Å². The molecule has 0 bridgehead atoms. The van der Waals surface area contributed by atoms with E-state index in [4.69, 9.17) is 5.11 Å². The molecule has 2 aromatic rings. The smallest absolute Gasteiger partial charge is 0.335 e. The highest BCUT2D eigenvalue weighted by atomic mass is 16.4. The lowest BCUT2D eigenvalue weighted by Gasteiger charge is -2.19. The van der Waals surface area contributed by atoms with Crippen molar-refractivity contribution in [3.05, 3.63) is 54.1 Å². The molecule has 0 atom stereocenters. The second-order valence-electron chi connectivity index (χ2n) is 3.93. The van der Waals surface area contributed by atoms with Crippen molar-refractivity contribution in [3.63, 3.8) is 0 Å². The zero-order valence-corrected chi connectivity index (χ0v) is 9.87. The molecule has 4 heteroatoms. The Morgan fingerprint density at radius 1 is 1.06 bits per heavy atom. The summed E-state index contributed by atoms with van der Waals surface area (Å²) in [5.74, 6) is -0.748. The molecule has 0 fully saturated rings. The van der Waals surface area contributed by atoms with Crippen LogP contribution in [-0.4, -0.2) is 23.2 Å². The number of anilines is 2. The minimum absolute atomic E-state index is 0.200. The zero-order valence-electron chi connectivity index (χ0n) is 9.87. The number of hydrogen-bond acceptors (Lipinski definition) is 3. The molecule has 0 heterocycles. The lowest BCUT2D eigenvalue weighted by molar-refractivity contribution is 0.0697. The second-order valence-corrected chi connectivity index (χ2v) is 3.93. The van der Waals surface area contributed by atoms with Crippen molar-refractivity contribution in [1.29, 1.82) is 0 Å². The molecule has 0 aliphatic rings. The quantitative estimate of drug-likeness (QED) is 0.870. The Kier molecular flexibility index (Phi) is 3.19. The van der Waals surface area contributed by atoms with Gasteiger partial charge in [-0.15, -0.1) is 0 Å². The summed E-state index contributed by atoms with van der Waals surface area (Å²) in [6.07, 6.45) is 0. The monoisotopic (exact) mass is 243 g/mol. The van der Waals surface area contributed by atoms with E-state index < -0.39 is 5.97 Å². The summed E-state index contributed by atoms with van der Waals surface area (Å²) in [7, 11) is 1.84. The first-order chi connectivity index (χ1) is 8.58. The fourth-order valence-corrected chi connectivity index (χ4v) is 1.67. The number of phenols is 1. The number of carbonyl (C=O) groups is 1. The average molecular weight is 243 g/mol. The minimum atomic E-state index is -0.948. The van der Waals surface area contributed by atoms with Crippen LogP contribution in [0.15, 0.2) is 48.5 Å². The fraction of sp³-hybridized carbons (Fsp3) is 0.0714.